The van der Waals surface area contributed by atoms with Crippen molar-refractivity contribution in [2.24, 2.45) is 0 Å². The summed E-state index contributed by atoms with van der Waals surface area (Å²) in [5.41, 5.74) is 3.97. The molecule has 2 aromatic heterocycles. The summed E-state index contributed by atoms with van der Waals surface area (Å²) in [6.45, 7) is 2.71. The summed E-state index contributed by atoms with van der Waals surface area (Å²) in [4.78, 5) is 19.7. The van der Waals surface area contributed by atoms with Crippen molar-refractivity contribution in [2.75, 3.05) is 26.7 Å². The van der Waals surface area contributed by atoms with E-state index in [1.807, 2.05) is 65.3 Å². The van der Waals surface area contributed by atoms with Crippen LogP contribution in [0, 0.1) is 0 Å². The van der Waals surface area contributed by atoms with Gasteiger partial charge in [-0.25, -0.2) is 4.68 Å². The second kappa shape index (κ2) is 7.92. The van der Waals surface area contributed by atoms with E-state index in [1.165, 1.54) is 0 Å². The number of para-hydroxylation sites is 1. The van der Waals surface area contributed by atoms with Gasteiger partial charge < -0.3 is 5.11 Å². The molecule has 28 heavy (non-hydrogen) atoms. The number of pyridine rings is 1. The molecule has 7 heteroatoms. The molecule has 0 radical (unpaired) electrons. The number of aliphatic carboxylic acids is 1. The van der Waals surface area contributed by atoms with Gasteiger partial charge in [0, 0.05) is 55.9 Å². The lowest BCUT2D eigenvalue weighted by Crippen LogP contribution is -2.54. The number of likely N-dealkylation sites (N-methyl/N-ethyl adjacent to an activating group) is 1. The number of hydrogen-bond acceptors (Lipinski definition) is 5. The molecule has 0 aliphatic carbocycles. The number of piperazine rings is 1. The van der Waals surface area contributed by atoms with Crippen LogP contribution in [-0.2, 0) is 11.3 Å². The van der Waals surface area contributed by atoms with Crippen LogP contribution in [-0.4, -0.2) is 68.4 Å². The Morgan fingerprint density at radius 2 is 1.89 bits per heavy atom. The van der Waals surface area contributed by atoms with Crippen LogP contribution in [0.4, 0.5) is 0 Å². The van der Waals surface area contributed by atoms with E-state index < -0.39 is 12.0 Å². The molecular weight excluding hydrogens is 354 g/mol. The van der Waals surface area contributed by atoms with E-state index in [1.54, 1.807) is 12.4 Å². The monoisotopic (exact) mass is 377 g/mol. The molecule has 1 aliphatic rings. The molecule has 1 aliphatic heterocycles. The molecule has 1 aromatic carbocycles. The molecule has 0 unspecified atom stereocenters. The van der Waals surface area contributed by atoms with E-state index in [2.05, 4.69) is 9.88 Å². The standard InChI is InChI=1S/C21H23N5O2/c1-24-11-12-25(15-19(24)21(27)28)13-17-14-26(18-5-3-2-4-6-18)23-20(17)16-7-9-22-10-8-16/h2-10,14,19H,11-13,15H2,1H3,(H,27,28)/t19-/m1/s1. The number of nitrogens with zero attached hydrogens (tertiary/aromatic N) is 5. The van der Waals surface area contributed by atoms with Gasteiger partial charge in [-0.1, -0.05) is 18.2 Å². The summed E-state index contributed by atoms with van der Waals surface area (Å²) in [7, 11) is 1.87. The van der Waals surface area contributed by atoms with Crippen molar-refractivity contribution in [1.82, 2.24) is 24.6 Å². The first-order chi connectivity index (χ1) is 13.6. The van der Waals surface area contributed by atoms with Crippen LogP contribution < -0.4 is 0 Å². The van der Waals surface area contributed by atoms with Gasteiger partial charge in [0.25, 0.3) is 0 Å². The zero-order chi connectivity index (χ0) is 19.5. The number of rotatable bonds is 5. The van der Waals surface area contributed by atoms with Gasteiger partial charge in [0.1, 0.15) is 6.04 Å². The fraction of sp³-hybridized carbons (Fsp3) is 0.286. The number of hydrogen-bond donors (Lipinski definition) is 1. The predicted octanol–water partition coefficient (Wildman–Crippen LogP) is 2.13. The van der Waals surface area contributed by atoms with Crippen LogP contribution in [0.15, 0.2) is 61.1 Å². The smallest absolute Gasteiger partial charge is 0.322 e. The minimum Gasteiger partial charge on any atom is -0.480 e. The summed E-state index contributed by atoms with van der Waals surface area (Å²) in [5, 5.41) is 14.3. The molecule has 0 amide bonds. The first-order valence-corrected chi connectivity index (χ1v) is 9.31. The van der Waals surface area contributed by atoms with Crippen LogP contribution in [0.2, 0.25) is 0 Å². The summed E-state index contributed by atoms with van der Waals surface area (Å²) < 4.78 is 1.88. The van der Waals surface area contributed by atoms with Crippen molar-refractivity contribution in [3.05, 3.63) is 66.6 Å². The van der Waals surface area contributed by atoms with Crippen LogP contribution in [0.1, 0.15) is 5.56 Å². The van der Waals surface area contributed by atoms with Crippen LogP contribution in [0.25, 0.3) is 16.9 Å². The third-order valence-corrected chi connectivity index (χ3v) is 5.18. The number of benzene rings is 1. The van der Waals surface area contributed by atoms with Gasteiger partial charge in [0.05, 0.1) is 11.4 Å². The molecule has 0 spiro atoms. The average molecular weight is 377 g/mol. The number of aromatic nitrogens is 3. The Bertz CT molecular complexity index is 942. The highest BCUT2D eigenvalue weighted by atomic mass is 16.4. The molecular formula is C21H23N5O2. The Hall–Kier alpha value is -3.03. The van der Waals surface area contributed by atoms with Crippen LogP contribution in [0.5, 0.6) is 0 Å². The minimum atomic E-state index is -0.776. The summed E-state index contributed by atoms with van der Waals surface area (Å²) in [6, 6.07) is 13.4. The van der Waals surface area contributed by atoms with Gasteiger partial charge in [-0.15, -0.1) is 0 Å². The Balaban J connectivity index is 1.65. The third-order valence-electron chi connectivity index (χ3n) is 5.18. The van der Waals surface area contributed by atoms with Crippen LogP contribution in [0.3, 0.4) is 0 Å². The second-order valence-electron chi connectivity index (χ2n) is 7.09. The SMILES string of the molecule is CN1CCN(Cc2cn(-c3ccccc3)nc2-c2ccncc2)C[C@@H]1C(=O)O. The Kier molecular flexibility index (Phi) is 5.18. The Labute approximate surface area is 163 Å². The molecule has 7 nitrogen and oxygen atoms in total. The summed E-state index contributed by atoms with van der Waals surface area (Å²) >= 11 is 0. The van der Waals surface area contributed by atoms with E-state index in [-0.39, 0.29) is 0 Å². The van der Waals surface area contributed by atoms with Gasteiger partial charge in [-0.3, -0.25) is 19.6 Å². The van der Waals surface area contributed by atoms with E-state index in [0.717, 1.165) is 35.6 Å². The maximum absolute atomic E-state index is 11.5. The molecule has 3 heterocycles. The van der Waals surface area contributed by atoms with E-state index >= 15 is 0 Å². The first kappa shape index (κ1) is 18.3. The van der Waals surface area contributed by atoms with Gasteiger partial charge in [-0.2, -0.15) is 5.10 Å². The number of carboxylic acid groups (broad SMARTS) is 1. The van der Waals surface area contributed by atoms with Gasteiger partial charge >= 0.3 is 5.97 Å². The molecule has 1 saturated heterocycles. The highest BCUT2D eigenvalue weighted by molar-refractivity contribution is 5.74. The molecule has 1 N–H and O–H groups in total. The molecule has 1 fully saturated rings. The minimum absolute atomic E-state index is 0.484. The van der Waals surface area contributed by atoms with Gasteiger partial charge in [-0.05, 0) is 31.3 Å². The molecule has 4 rings (SSSR count). The lowest BCUT2D eigenvalue weighted by Gasteiger charge is -2.37. The van der Waals surface area contributed by atoms with Crippen molar-refractivity contribution in [1.29, 1.82) is 0 Å². The predicted molar refractivity (Wildman–Crippen MR) is 106 cm³/mol. The molecule has 0 bridgehead atoms. The van der Waals surface area contributed by atoms with Crippen LogP contribution >= 0.6 is 0 Å². The lowest BCUT2D eigenvalue weighted by atomic mass is 10.1. The van der Waals surface area contributed by atoms with Crippen molar-refractivity contribution in [2.45, 2.75) is 12.6 Å². The second-order valence-corrected chi connectivity index (χ2v) is 7.09. The first-order valence-electron chi connectivity index (χ1n) is 9.31. The Morgan fingerprint density at radius 3 is 2.61 bits per heavy atom. The normalized spacial score (nSPS) is 18.2. The fourth-order valence-corrected chi connectivity index (χ4v) is 3.57. The fourth-order valence-electron chi connectivity index (χ4n) is 3.57. The molecule has 3 aromatic rings. The largest absolute Gasteiger partial charge is 0.480 e. The quantitative estimate of drug-likeness (QED) is 0.734. The van der Waals surface area contributed by atoms with Crippen molar-refractivity contribution >= 4 is 5.97 Å². The van der Waals surface area contributed by atoms with Crippen molar-refractivity contribution in [3.63, 3.8) is 0 Å². The van der Waals surface area contributed by atoms with E-state index in [0.29, 0.717) is 13.1 Å². The number of carboxylic acids is 1. The topological polar surface area (TPSA) is 74.5 Å². The van der Waals surface area contributed by atoms with Crippen molar-refractivity contribution < 1.29 is 9.90 Å². The van der Waals surface area contributed by atoms with Gasteiger partial charge in [0.15, 0.2) is 0 Å². The van der Waals surface area contributed by atoms with E-state index in [4.69, 9.17) is 5.10 Å². The number of carbonyl (C=O) groups is 1. The summed E-state index contributed by atoms with van der Waals surface area (Å²) in [6.07, 6.45) is 5.56. The summed E-state index contributed by atoms with van der Waals surface area (Å²) in [5.74, 6) is -0.776. The Morgan fingerprint density at radius 1 is 1.14 bits per heavy atom. The highest BCUT2D eigenvalue weighted by Gasteiger charge is 2.30. The molecule has 1 atom stereocenters. The third kappa shape index (κ3) is 3.81. The highest BCUT2D eigenvalue weighted by Crippen LogP contribution is 2.25. The average Bonchev–Trinajstić information content (AvgIpc) is 3.14. The lowest BCUT2D eigenvalue weighted by molar-refractivity contribution is -0.145. The maximum Gasteiger partial charge on any atom is 0.322 e. The van der Waals surface area contributed by atoms with Crippen molar-refractivity contribution in [3.8, 4) is 16.9 Å². The molecule has 144 valence electrons. The molecule has 0 saturated carbocycles. The maximum atomic E-state index is 11.5. The zero-order valence-electron chi connectivity index (χ0n) is 15.8. The van der Waals surface area contributed by atoms with Gasteiger partial charge in [0.2, 0.25) is 0 Å². The zero-order valence-corrected chi connectivity index (χ0v) is 15.8. The van der Waals surface area contributed by atoms with E-state index in [9.17, 15) is 9.90 Å².